The van der Waals surface area contributed by atoms with Crippen molar-refractivity contribution >= 4 is 0 Å². The second kappa shape index (κ2) is 4.95. The molecule has 0 aromatic carbocycles. The molecule has 0 amide bonds. The summed E-state index contributed by atoms with van der Waals surface area (Å²) in [5.74, 6) is 0.662. The van der Waals surface area contributed by atoms with Crippen LogP contribution in [0.3, 0.4) is 0 Å². The van der Waals surface area contributed by atoms with E-state index in [-0.39, 0.29) is 5.79 Å². The maximum atomic E-state index is 5.75. The van der Waals surface area contributed by atoms with E-state index in [4.69, 9.17) is 9.47 Å². The predicted octanol–water partition coefficient (Wildman–Crippen LogP) is 0.922. The van der Waals surface area contributed by atoms with Gasteiger partial charge in [0.05, 0.1) is 19.8 Å². The molecule has 1 aromatic rings. The van der Waals surface area contributed by atoms with Crippen LogP contribution in [-0.4, -0.2) is 52.2 Å². The quantitative estimate of drug-likeness (QED) is 0.866. The van der Waals surface area contributed by atoms with Crippen molar-refractivity contribution in [2.24, 2.45) is 0 Å². The maximum absolute atomic E-state index is 5.75. The Morgan fingerprint density at radius 3 is 2.72 bits per heavy atom. The molecule has 0 unspecified atom stereocenters. The van der Waals surface area contributed by atoms with E-state index >= 15 is 0 Å². The van der Waals surface area contributed by atoms with Crippen molar-refractivity contribution in [1.82, 2.24) is 20.1 Å². The number of nitrogens with zero attached hydrogens (tertiary/aromatic N) is 3. The van der Waals surface area contributed by atoms with E-state index in [1.807, 2.05) is 0 Å². The third-order valence-corrected chi connectivity index (χ3v) is 4.02. The fraction of sp³-hybridized carbons (Fsp3) is 0.833. The van der Waals surface area contributed by atoms with Crippen LogP contribution in [0.5, 0.6) is 0 Å². The fourth-order valence-electron chi connectivity index (χ4n) is 2.94. The van der Waals surface area contributed by atoms with Gasteiger partial charge in [0.25, 0.3) is 0 Å². The van der Waals surface area contributed by atoms with Gasteiger partial charge < -0.3 is 9.47 Å². The summed E-state index contributed by atoms with van der Waals surface area (Å²) in [7, 11) is 2.14. The van der Waals surface area contributed by atoms with E-state index in [1.54, 1.807) is 6.33 Å². The Morgan fingerprint density at radius 1 is 1.39 bits per heavy atom. The molecular weight excluding hydrogens is 232 g/mol. The SMILES string of the molecule is CN(Cc1ncn[nH]1)C1CCC2(CC1)OCCO2. The Labute approximate surface area is 107 Å². The molecule has 0 radical (unpaired) electrons. The number of aromatic amines is 1. The van der Waals surface area contributed by atoms with E-state index in [9.17, 15) is 0 Å². The predicted molar refractivity (Wildman–Crippen MR) is 64.7 cm³/mol. The summed E-state index contributed by atoms with van der Waals surface area (Å²) in [6, 6.07) is 0.577. The average molecular weight is 252 g/mol. The van der Waals surface area contributed by atoms with Crippen molar-refractivity contribution in [3.8, 4) is 0 Å². The van der Waals surface area contributed by atoms with Crippen molar-refractivity contribution in [3.05, 3.63) is 12.2 Å². The molecule has 0 atom stereocenters. The van der Waals surface area contributed by atoms with Gasteiger partial charge in [0, 0.05) is 18.9 Å². The zero-order chi connectivity index (χ0) is 12.4. The van der Waals surface area contributed by atoms with E-state index in [2.05, 4.69) is 27.1 Å². The highest BCUT2D eigenvalue weighted by atomic mass is 16.7. The molecule has 1 N–H and O–H groups in total. The third kappa shape index (κ3) is 2.41. The molecule has 1 spiro atoms. The lowest BCUT2D eigenvalue weighted by atomic mass is 9.89. The Balaban J connectivity index is 1.52. The normalized spacial score (nSPS) is 24.1. The Bertz CT molecular complexity index is 365. The van der Waals surface area contributed by atoms with Crippen LogP contribution in [0.2, 0.25) is 0 Å². The molecule has 100 valence electrons. The van der Waals surface area contributed by atoms with Gasteiger partial charge in [0.1, 0.15) is 12.2 Å². The standard InChI is InChI=1S/C12H20N4O2/c1-16(8-11-13-9-14-15-11)10-2-4-12(5-3-10)17-6-7-18-12/h9-10H,2-8H2,1H3,(H,13,14,15). The van der Waals surface area contributed by atoms with E-state index < -0.39 is 0 Å². The summed E-state index contributed by atoms with van der Waals surface area (Å²) in [5, 5.41) is 6.78. The van der Waals surface area contributed by atoms with Gasteiger partial charge in [-0.3, -0.25) is 10.00 Å². The lowest BCUT2D eigenvalue weighted by Gasteiger charge is -2.38. The van der Waals surface area contributed by atoms with Crippen LogP contribution in [0.1, 0.15) is 31.5 Å². The molecule has 0 bridgehead atoms. The highest BCUT2D eigenvalue weighted by molar-refractivity contribution is 4.88. The number of nitrogens with one attached hydrogen (secondary N) is 1. The minimum Gasteiger partial charge on any atom is -0.348 e. The molecule has 1 saturated carbocycles. The first-order chi connectivity index (χ1) is 8.77. The smallest absolute Gasteiger partial charge is 0.168 e. The molecule has 1 saturated heterocycles. The van der Waals surface area contributed by atoms with Gasteiger partial charge in [-0.05, 0) is 19.9 Å². The van der Waals surface area contributed by atoms with Crippen molar-refractivity contribution in [1.29, 1.82) is 0 Å². The monoisotopic (exact) mass is 252 g/mol. The second-order valence-electron chi connectivity index (χ2n) is 5.19. The van der Waals surface area contributed by atoms with Crippen LogP contribution in [0.25, 0.3) is 0 Å². The second-order valence-corrected chi connectivity index (χ2v) is 5.19. The molecule has 6 nitrogen and oxygen atoms in total. The molecule has 2 aliphatic rings. The van der Waals surface area contributed by atoms with Crippen LogP contribution < -0.4 is 0 Å². The summed E-state index contributed by atoms with van der Waals surface area (Å²) in [5.41, 5.74) is 0. The molecule has 2 heterocycles. The topological polar surface area (TPSA) is 63.3 Å². The number of hydrogen-bond acceptors (Lipinski definition) is 5. The minimum absolute atomic E-state index is 0.260. The summed E-state index contributed by atoms with van der Waals surface area (Å²) in [6.07, 6.45) is 5.78. The van der Waals surface area contributed by atoms with Crippen LogP contribution in [0.4, 0.5) is 0 Å². The molecule has 1 aliphatic carbocycles. The average Bonchev–Trinajstić information content (AvgIpc) is 3.03. The van der Waals surface area contributed by atoms with Crippen molar-refractivity contribution in [2.45, 2.75) is 44.1 Å². The molecule has 2 fully saturated rings. The van der Waals surface area contributed by atoms with Gasteiger partial charge in [-0.1, -0.05) is 0 Å². The van der Waals surface area contributed by atoms with E-state index in [0.29, 0.717) is 6.04 Å². The number of aromatic nitrogens is 3. The van der Waals surface area contributed by atoms with Gasteiger partial charge in [-0.25, -0.2) is 4.98 Å². The zero-order valence-electron chi connectivity index (χ0n) is 10.8. The first-order valence-electron chi connectivity index (χ1n) is 6.60. The molecular formula is C12H20N4O2. The van der Waals surface area contributed by atoms with Gasteiger partial charge in [0.2, 0.25) is 0 Å². The van der Waals surface area contributed by atoms with Gasteiger partial charge in [-0.15, -0.1) is 0 Å². The third-order valence-electron chi connectivity index (χ3n) is 4.02. The van der Waals surface area contributed by atoms with Crippen LogP contribution in [-0.2, 0) is 16.0 Å². The summed E-state index contributed by atoms with van der Waals surface area (Å²) >= 11 is 0. The van der Waals surface area contributed by atoms with Crippen LogP contribution in [0, 0.1) is 0 Å². The molecule has 18 heavy (non-hydrogen) atoms. The van der Waals surface area contributed by atoms with Gasteiger partial charge in [0.15, 0.2) is 5.79 Å². The van der Waals surface area contributed by atoms with Crippen LogP contribution in [0.15, 0.2) is 6.33 Å². The first kappa shape index (κ1) is 12.1. The number of hydrogen-bond donors (Lipinski definition) is 1. The molecule has 6 heteroatoms. The Morgan fingerprint density at radius 2 is 2.11 bits per heavy atom. The Kier molecular flexibility index (Phi) is 3.32. The zero-order valence-corrected chi connectivity index (χ0v) is 10.8. The minimum atomic E-state index is -0.260. The highest BCUT2D eigenvalue weighted by Gasteiger charge is 2.41. The summed E-state index contributed by atoms with van der Waals surface area (Å²) < 4.78 is 11.5. The van der Waals surface area contributed by atoms with Crippen molar-refractivity contribution < 1.29 is 9.47 Å². The Hall–Kier alpha value is -0.980. The number of rotatable bonds is 3. The van der Waals surface area contributed by atoms with E-state index in [0.717, 1.165) is 51.3 Å². The van der Waals surface area contributed by atoms with Crippen molar-refractivity contribution in [2.75, 3.05) is 20.3 Å². The largest absolute Gasteiger partial charge is 0.348 e. The highest BCUT2D eigenvalue weighted by Crippen LogP contribution is 2.37. The first-order valence-corrected chi connectivity index (χ1v) is 6.60. The number of H-pyrrole nitrogens is 1. The van der Waals surface area contributed by atoms with E-state index in [1.165, 1.54) is 0 Å². The maximum Gasteiger partial charge on any atom is 0.168 e. The molecule has 3 rings (SSSR count). The van der Waals surface area contributed by atoms with Gasteiger partial charge >= 0.3 is 0 Å². The van der Waals surface area contributed by atoms with Crippen molar-refractivity contribution in [3.63, 3.8) is 0 Å². The molecule has 1 aromatic heterocycles. The summed E-state index contributed by atoms with van der Waals surface area (Å²) in [4.78, 5) is 6.50. The molecule has 1 aliphatic heterocycles. The lowest BCUT2D eigenvalue weighted by Crippen LogP contribution is -2.42. The number of ether oxygens (including phenoxy) is 2. The fourth-order valence-corrected chi connectivity index (χ4v) is 2.94. The van der Waals surface area contributed by atoms with Crippen LogP contribution >= 0.6 is 0 Å². The summed E-state index contributed by atoms with van der Waals surface area (Å²) in [6.45, 7) is 2.32. The van der Waals surface area contributed by atoms with Gasteiger partial charge in [-0.2, -0.15) is 5.10 Å². The lowest BCUT2D eigenvalue weighted by molar-refractivity contribution is -0.183.